The van der Waals surface area contributed by atoms with Gasteiger partial charge in [-0.25, -0.2) is 0 Å². The highest BCUT2D eigenvalue weighted by atomic mass is 35.5. The van der Waals surface area contributed by atoms with Crippen LogP contribution >= 0.6 is 11.6 Å². The van der Waals surface area contributed by atoms with E-state index in [1.807, 2.05) is 0 Å². The average Bonchev–Trinajstić information content (AvgIpc) is 1.65. The summed E-state index contributed by atoms with van der Waals surface area (Å²) in [6.45, 7) is 1.21. The molecule has 0 saturated carbocycles. The maximum Gasteiger partial charge on any atom is 0.210 e. The standard InChI is InChI=1S/C3H4ClNO2/c1-2(6)3(4)5-7/h7H,1H3/b5-3-. The Labute approximate surface area is 45.6 Å². The van der Waals surface area contributed by atoms with Gasteiger partial charge in [-0.3, -0.25) is 4.79 Å². The van der Waals surface area contributed by atoms with Gasteiger partial charge in [-0.2, -0.15) is 0 Å². The minimum absolute atomic E-state index is 0.389. The van der Waals surface area contributed by atoms with Gasteiger partial charge < -0.3 is 5.21 Å². The Bertz CT molecular complexity index is 110. The average molecular weight is 122 g/mol. The van der Waals surface area contributed by atoms with Gasteiger partial charge in [-0.15, -0.1) is 0 Å². The first-order valence-electron chi connectivity index (χ1n) is 1.57. The van der Waals surface area contributed by atoms with E-state index in [-0.39, 0.29) is 5.17 Å². The van der Waals surface area contributed by atoms with Crippen LogP contribution in [0.25, 0.3) is 0 Å². The van der Waals surface area contributed by atoms with Crippen molar-refractivity contribution in [1.82, 2.24) is 0 Å². The molecule has 0 heterocycles. The molecule has 0 bridgehead atoms. The monoisotopic (exact) mass is 121 g/mol. The molecule has 0 aliphatic heterocycles. The van der Waals surface area contributed by atoms with Gasteiger partial charge >= 0.3 is 0 Å². The molecule has 3 nitrogen and oxygen atoms in total. The van der Waals surface area contributed by atoms with E-state index < -0.39 is 5.78 Å². The van der Waals surface area contributed by atoms with Crippen molar-refractivity contribution in [3.8, 4) is 0 Å². The number of halogens is 1. The molecule has 0 atom stereocenters. The molecule has 0 fully saturated rings. The van der Waals surface area contributed by atoms with E-state index in [1.54, 1.807) is 0 Å². The van der Waals surface area contributed by atoms with Crippen LogP contribution in [0.5, 0.6) is 0 Å². The molecule has 0 unspecified atom stereocenters. The lowest BCUT2D eigenvalue weighted by Crippen LogP contribution is -1.99. The Balaban J connectivity index is 3.82. The lowest BCUT2D eigenvalue weighted by molar-refractivity contribution is -0.110. The summed E-state index contributed by atoms with van der Waals surface area (Å²) in [5, 5.41) is 9.77. The second kappa shape index (κ2) is 2.58. The molecule has 0 spiro atoms. The lowest BCUT2D eigenvalue weighted by Gasteiger charge is -1.79. The predicted octanol–water partition coefficient (Wildman–Crippen LogP) is 0.602. The highest BCUT2D eigenvalue weighted by Gasteiger charge is 1.97. The van der Waals surface area contributed by atoms with Gasteiger partial charge in [-0.1, -0.05) is 16.8 Å². The number of rotatable bonds is 1. The molecule has 0 amide bonds. The number of nitrogens with zero attached hydrogens (tertiary/aromatic N) is 1. The van der Waals surface area contributed by atoms with Crippen molar-refractivity contribution in [2.45, 2.75) is 6.92 Å². The molecule has 7 heavy (non-hydrogen) atoms. The van der Waals surface area contributed by atoms with Crippen LogP contribution in [0.4, 0.5) is 0 Å². The van der Waals surface area contributed by atoms with Crippen molar-refractivity contribution in [1.29, 1.82) is 0 Å². The summed E-state index contributed by atoms with van der Waals surface area (Å²) in [5.41, 5.74) is 0. The van der Waals surface area contributed by atoms with Crippen molar-refractivity contribution < 1.29 is 10.0 Å². The number of oxime groups is 1. The van der Waals surface area contributed by atoms with Gasteiger partial charge in [0.15, 0.2) is 5.78 Å². The van der Waals surface area contributed by atoms with Gasteiger partial charge in [0, 0.05) is 6.92 Å². The summed E-state index contributed by atoms with van der Waals surface area (Å²) >= 11 is 4.95. The normalized spacial score (nSPS) is 11.4. The molecule has 0 radical (unpaired) electrons. The van der Waals surface area contributed by atoms with Crippen molar-refractivity contribution >= 4 is 22.6 Å². The third-order valence-corrected chi connectivity index (χ3v) is 0.720. The Kier molecular flexibility index (Phi) is 2.37. The molecular weight excluding hydrogens is 117 g/mol. The summed E-state index contributed by atoms with van der Waals surface area (Å²) in [6, 6.07) is 0. The van der Waals surface area contributed by atoms with Gasteiger partial charge in [-0.05, 0) is 0 Å². The number of hydrogen-bond acceptors (Lipinski definition) is 3. The third kappa shape index (κ3) is 2.17. The van der Waals surface area contributed by atoms with Crippen LogP contribution in [-0.4, -0.2) is 16.2 Å². The third-order valence-electron chi connectivity index (χ3n) is 0.378. The summed E-state index contributed by atoms with van der Waals surface area (Å²) in [5.74, 6) is -0.441. The van der Waals surface area contributed by atoms with Crippen LogP contribution < -0.4 is 0 Å². The first-order valence-corrected chi connectivity index (χ1v) is 1.94. The minimum atomic E-state index is -0.441. The quantitative estimate of drug-likeness (QED) is 0.314. The fourth-order valence-electron chi connectivity index (χ4n) is 0.0704. The molecule has 0 aromatic carbocycles. The SMILES string of the molecule is CC(=O)/C(Cl)=N/O. The largest absolute Gasteiger partial charge is 0.410 e. The molecule has 0 rings (SSSR count). The summed E-state index contributed by atoms with van der Waals surface area (Å²) in [6.07, 6.45) is 0. The van der Waals surface area contributed by atoms with E-state index in [0.717, 1.165) is 0 Å². The molecular formula is C3H4ClNO2. The Morgan fingerprint density at radius 1 is 1.86 bits per heavy atom. The molecule has 0 aromatic rings. The fourth-order valence-corrected chi connectivity index (χ4v) is 0.0704. The van der Waals surface area contributed by atoms with Crippen LogP contribution in [0.2, 0.25) is 0 Å². The summed E-state index contributed by atoms with van der Waals surface area (Å²) in [7, 11) is 0. The Morgan fingerprint density at radius 2 is 2.29 bits per heavy atom. The van der Waals surface area contributed by atoms with Crippen LogP contribution in [-0.2, 0) is 4.79 Å². The van der Waals surface area contributed by atoms with Crippen LogP contribution in [0.3, 0.4) is 0 Å². The number of Topliss-reactive ketones (excluding diaryl/α,β-unsaturated/α-hetero) is 1. The van der Waals surface area contributed by atoms with Gasteiger partial charge in [0.2, 0.25) is 5.17 Å². The van der Waals surface area contributed by atoms with E-state index in [4.69, 9.17) is 16.8 Å². The maximum absolute atomic E-state index is 9.95. The highest BCUT2D eigenvalue weighted by Crippen LogP contribution is 1.83. The molecule has 0 saturated heterocycles. The topological polar surface area (TPSA) is 49.7 Å². The van der Waals surface area contributed by atoms with Gasteiger partial charge in [0.25, 0.3) is 0 Å². The zero-order valence-corrected chi connectivity index (χ0v) is 4.44. The number of ketones is 1. The van der Waals surface area contributed by atoms with Crippen molar-refractivity contribution in [3.63, 3.8) is 0 Å². The zero-order valence-electron chi connectivity index (χ0n) is 3.68. The lowest BCUT2D eigenvalue weighted by atomic mass is 10.5. The Morgan fingerprint density at radius 3 is 2.29 bits per heavy atom. The van der Waals surface area contributed by atoms with Crippen molar-refractivity contribution in [3.05, 3.63) is 0 Å². The first kappa shape index (κ1) is 6.43. The molecule has 0 aromatic heterocycles. The molecule has 40 valence electrons. The van der Waals surface area contributed by atoms with Gasteiger partial charge in [0.1, 0.15) is 0 Å². The molecule has 0 aliphatic rings. The van der Waals surface area contributed by atoms with Crippen molar-refractivity contribution in [2.24, 2.45) is 5.16 Å². The number of carbonyl (C=O) groups excluding carboxylic acids is 1. The van der Waals surface area contributed by atoms with E-state index in [1.165, 1.54) is 6.92 Å². The Hall–Kier alpha value is -0.570. The second-order valence-corrected chi connectivity index (χ2v) is 1.31. The molecule has 1 N–H and O–H groups in total. The zero-order chi connectivity index (χ0) is 5.86. The smallest absolute Gasteiger partial charge is 0.210 e. The van der Waals surface area contributed by atoms with E-state index in [2.05, 4.69) is 5.16 Å². The second-order valence-electron chi connectivity index (χ2n) is 0.947. The van der Waals surface area contributed by atoms with Crippen LogP contribution in [0, 0.1) is 0 Å². The van der Waals surface area contributed by atoms with E-state index in [9.17, 15) is 4.79 Å². The summed E-state index contributed by atoms with van der Waals surface area (Å²) < 4.78 is 0. The number of hydrogen-bond donors (Lipinski definition) is 1. The predicted molar refractivity (Wildman–Crippen MR) is 25.8 cm³/mol. The van der Waals surface area contributed by atoms with Crippen LogP contribution in [0.1, 0.15) is 6.92 Å². The first-order chi connectivity index (χ1) is 3.18. The fraction of sp³-hybridized carbons (Fsp3) is 0.333. The van der Waals surface area contributed by atoms with E-state index >= 15 is 0 Å². The summed E-state index contributed by atoms with van der Waals surface area (Å²) in [4.78, 5) is 9.95. The van der Waals surface area contributed by atoms with Crippen molar-refractivity contribution in [2.75, 3.05) is 0 Å². The van der Waals surface area contributed by atoms with E-state index in [0.29, 0.717) is 0 Å². The van der Waals surface area contributed by atoms with Gasteiger partial charge in [0.05, 0.1) is 0 Å². The molecule has 0 aliphatic carbocycles. The highest BCUT2D eigenvalue weighted by molar-refractivity contribution is 6.82. The minimum Gasteiger partial charge on any atom is -0.410 e. The molecule has 4 heteroatoms. The van der Waals surface area contributed by atoms with Crippen LogP contribution in [0.15, 0.2) is 5.16 Å². The number of carbonyl (C=O) groups is 1. The maximum atomic E-state index is 9.95.